The fraction of sp³-hybridized carbons (Fsp3) is 0.552. The molecule has 1 rings (SSSR count). The van der Waals surface area contributed by atoms with Crippen LogP contribution in [-0.4, -0.2) is 37.8 Å². The zero-order chi connectivity index (χ0) is 23.2. The Balaban J connectivity index is 3.09. The van der Waals surface area contributed by atoms with Crippen molar-refractivity contribution < 1.29 is 0 Å². The van der Waals surface area contributed by atoms with Crippen molar-refractivity contribution in [3.8, 4) is 0 Å². The molecule has 0 saturated heterocycles. The van der Waals surface area contributed by atoms with Gasteiger partial charge in [0, 0.05) is 13.6 Å². The molecule has 0 saturated carbocycles. The number of hydrogen-bond donors (Lipinski definition) is 0. The third-order valence-corrected chi connectivity index (χ3v) is 6.26. The molecule has 2 heteroatoms. The quantitative estimate of drug-likeness (QED) is 0.230. The zero-order valence-corrected chi connectivity index (χ0v) is 21.5. The predicted octanol–water partition coefficient (Wildman–Crippen LogP) is 8.02. The molecule has 172 valence electrons. The Labute approximate surface area is 192 Å². The van der Waals surface area contributed by atoms with Gasteiger partial charge in [-0.2, -0.15) is 0 Å². The maximum absolute atomic E-state index is 4.56. The highest BCUT2D eigenvalue weighted by Gasteiger charge is 2.14. The summed E-state index contributed by atoms with van der Waals surface area (Å²) in [6.07, 6.45) is 20.4. The minimum absolute atomic E-state index is 1.05. The minimum Gasteiger partial charge on any atom is -0.302 e. The first-order valence-corrected chi connectivity index (χ1v) is 12.2. The van der Waals surface area contributed by atoms with E-state index in [9.17, 15) is 0 Å². The zero-order valence-electron chi connectivity index (χ0n) is 21.5. The van der Waals surface area contributed by atoms with Crippen LogP contribution < -0.4 is 0 Å². The largest absolute Gasteiger partial charge is 0.302 e. The highest BCUT2D eigenvalue weighted by Crippen LogP contribution is 2.29. The Morgan fingerprint density at radius 2 is 1.87 bits per heavy atom. The van der Waals surface area contributed by atoms with E-state index in [0.29, 0.717) is 0 Å². The second kappa shape index (κ2) is 15.0. The van der Waals surface area contributed by atoms with E-state index in [0.717, 1.165) is 44.5 Å². The first-order chi connectivity index (χ1) is 14.9. The van der Waals surface area contributed by atoms with E-state index in [4.69, 9.17) is 0 Å². The minimum atomic E-state index is 1.05. The molecule has 0 aromatic carbocycles. The Bertz CT molecular complexity index is 782. The van der Waals surface area contributed by atoms with Crippen LogP contribution in [0.3, 0.4) is 0 Å². The van der Waals surface area contributed by atoms with Gasteiger partial charge in [0.1, 0.15) is 0 Å². The van der Waals surface area contributed by atoms with E-state index >= 15 is 0 Å². The van der Waals surface area contributed by atoms with Gasteiger partial charge in [-0.25, -0.2) is 0 Å². The fourth-order valence-electron chi connectivity index (χ4n) is 4.08. The number of allylic oxidation sites excluding steroid dienone is 10. The van der Waals surface area contributed by atoms with Crippen LogP contribution in [0, 0.1) is 0 Å². The smallest absolute Gasteiger partial charge is 0.0639 e. The van der Waals surface area contributed by atoms with E-state index in [1.807, 2.05) is 7.05 Å². The predicted molar refractivity (Wildman–Crippen MR) is 141 cm³/mol. The molecule has 0 aromatic heterocycles. The van der Waals surface area contributed by atoms with Gasteiger partial charge in [-0.05, 0) is 89.3 Å². The third kappa shape index (κ3) is 8.61. The average molecular weight is 423 g/mol. The molecule has 31 heavy (non-hydrogen) atoms. The molecule has 0 atom stereocenters. The van der Waals surface area contributed by atoms with E-state index < -0.39 is 0 Å². The van der Waals surface area contributed by atoms with E-state index in [-0.39, 0.29) is 0 Å². The Kier molecular flexibility index (Phi) is 13.1. The summed E-state index contributed by atoms with van der Waals surface area (Å²) in [4.78, 5) is 6.96. The molecule has 0 bridgehead atoms. The van der Waals surface area contributed by atoms with Gasteiger partial charge < -0.3 is 4.90 Å². The van der Waals surface area contributed by atoms with Crippen molar-refractivity contribution in [3.63, 3.8) is 0 Å². The van der Waals surface area contributed by atoms with E-state index in [1.165, 1.54) is 40.7 Å². The molecule has 0 fully saturated rings. The molecule has 0 unspecified atom stereocenters. The van der Waals surface area contributed by atoms with Crippen molar-refractivity contribution in [2.24, 2.45) is 4.99 Å². The van der Waals surface area contributed by atoms with Gasteiger partial charge in [0.05, 0.1) is 5.71 Å². The van der Waals surface area contributed by atoms with Crippen LogP contribution in [0.25, 0.3) is 0 Å². The van der Waals surface area contributed by atoms with Crippen LogP contribution in [0.4, 0.5) is 0 Å². The van der Waals surface area contributed by atoms with Gasteiger partial charge in [0.2, 0.25) is 0 Å². The second-order valence-corrected chi connectivity index (χ2v) is 8.45. The summed E-state index contributed by atoms with van der Waals surface area (Å²) in [7, 11) is 4.11. The van der Waals surface area contributed by atoms with Gasteiger partial charge in [-0.3, -0.25) is 4.99 Å². The lowest BCUT2D eigenvalue weighted by atomic mass is 9.89. The number of hydrogen-bond acceptors (Lipinski definition) is 2. The summed E-state index contributed by atoms with van der Waals surface area (Å²) in [5.41, 5.74) is 9.86. The van der Waals surface area contributed by atoms with Crippen molar-refractivity contribution in [1.82, 2.24) is 4.90 Å². The monoisotopic (exact) mass is 422 g/mol. The molecule has 0 aromatic rings. The highest BCUT2D eigenvalue weighted by atomic mass is 15.1. The fourth-order valence-corrected chi connectivity index (χ4v) is 4.08. The van der Waals surface area contributed by atoms with Gasteiger partial charge in [-0.1, -0.05) is 74.3 Å². The maximum atomic E-state index is 4.56. The van der Waals surface area contributed by atoms with Crippen LogP contribution in [0.1, 0.15) is 80.1 Å². The average Bonchev–Trinajstić information content (AvgIpc) is 2.97. The molecular weight excluding hydrogens is 376 g/mol. The summed E-state index contributed by atoms with van der Waals surface area (Å²) < 4.78 is 0. The van der Waals surface area contributed by atoms with Crippen LogP contribution in [0.2, 0.25) is 0 Å². The van der Waals surface area contributed by atoms with Crippen molar-refractivity contribution in [3.05, 3.63) is 69.9 Å². The van der Waals surface area contributed by atoms with Gasteiger partial charge >= 0.3 is 0 Å². The maximum Gasteiger partial charge on any atom is 0.0639 e. The SMILES string of the molecule is C/C=C\C(=NC)C(=C/C)/C(CCC1=CCC(CCC)=C(CN(C)CC)C=C1)=C(/C)CC. The first-order valence-electron chi connectivity index (χ1n) is 12.2. The molecule has 0 N–H and O–H groups in total. The molecule has 0 amide bonds. The van der Waals surface area contributed by atoms with Crippen LogP contribution in [0.15, 0.2) is 74.9 Å². The van der Waals surface area contributed by atoms with Gasteiger partial charge in [0.15, 0.2) is 0 Å². The number of likely N-dealkylation sites (N-methyl/N-ethyl adjacent to an activating group) is 1. The second-order valence-electron chi connectivity index (χ2n) is 8.45. The van der Waals surface area contributed by atoms with Crippen molar-refractivity contribution in [1.29, 1.82) is 0 Å². The lowest BCUT2D eigenvalue weighted by Crippen LogP contribution is -2.20. The third-order valence-electron chi connectivity index (χ3n) is 6.26. The molecule has 0 spiro atoms. The lowest BCUT2D eigenvalue weighted by Gasteiger charge is -2.17. The number of rotatable bonds is 12. The van der Waals surface area contributed by atoms with Crippen molar-refractivity contribution >= 4 is 5.71 Å². The summed E-state index contributed by atoms with van der Waals surface area (Å²) in [6.45, 7) is 15.4. The highest BCUT2D eigenvalue weighted by molar-refractivity contribution is 6.11. The van der Waals surface area contributed by atoms with Crippen molar-refractivity contribution in [2.45, 2.75) is 80.1 Å². The van der Waals surface area contributed by atoms with Crippen molar-refractivity contribution in [2.75, 3.05) is 27.2 Å². The van der Waals surface area contributed by atoms with Crippen LogP contribution in [0.5, 0.6) is 0 Å². The molecule has 2 nitrogen and oxygen atoms in total. The first kappa shape index (κ1) is 27.1. The van der Waals surface area contributed by atoms with Crippen LogP contribution >= 0.6 is 0 Å². The topological polar surface area (TPSA) is 15.6 Å². The summed E-state index contributed by atoms with van der Waals surface area (Å²) in [6, 6.07) is 0. The number of nitrogens with zero attached hydrogens (tertiary/aromatic N) is 2. The summed E-state index contributed by atoms with van der Waals surface area (Å²) >= 11 is 0. The summed E-state index contributed by atoms with van der Waals surface area (Å²) in [5, 5.41) is 0. The van der Waals surface area contributed by atoms with E-state index in [1.54, 1.807) is 5.57 Å². The van der Waals surface area contributed by atoms with Gasteiger partial charge in [-0.15, -0.1) is 0 Å². The van der Waals surface area contributed by atoms with Gasteiger partial charge in [0.25, 0.3) is 0 Å². The van der Waals surface area contributed by atoms with E-state index in [2.05, 4.69) is 94.9 Å². The Morgan fingerprint density at radius 1 is 1.13 bits per heavy atom. The normalized spacial score (nSPS) is 16.9. The molecule has 0 heterocycles. The Hall–Kier alpha value is -1.93. The standard InChI is InChI=1S/C29H46N2/c1-9-14-25-19-16-24(17-20-26(25)22-31(8)13-5)18-21-28(23(6)11-3)27(12-4)29(30-7)15-10-2/h10,12,15-17,20H,9,11,13-14,18-19,21-22H2,1-8H3/b15-10-,27-12+,28-23-,30-29?. The lowest BCUT2D eigenvalue weighted by molar-refractivity contribution is 0.384. The Morgan fingerprint density at radius 3 is 2.42 bits per heavy atom. The molecule has 1 aliphatic carbocycles. The molecule has 0 radical (unpaired) electrons. The summed E-state index contributed by atoms with van der Waals surface area (Å²) in [5.74, 6) is 0. The molecular formula is C29H46N2. The molecule has 0 aliphatic heterocycles. The van der Waals surface area contributed by atoms with Crippen LogP contribution in [-0.2, 0) is 0 Å². The molecule has 1 aliphatic rings. The number of aliphatic imine (C=N–C) groups is 1.